The highest BCUT2D eigenvalue weighted by Crippen LogP contribution is 2.63. The van der Waals surface area contributed by atoms with Gasteiger partial charge in [-0.3, -0.25) is 24.5 Å². The second-order valence-corrected chi connectivity index (χ2v) is 10.6. The molecular formula is C32H23N5O5. The molecule has 42 heavy (non-hydrogen) atoms. The molecule has 2 bridgehead atoms. The number of hydrogen-bond acceptors (Lipinski definition) is 7. The highest BCUT2D eigenvalue weighted by atomic mass is 16.6. The first-order valence-electron chi connectivity index (χ1n) is 13.3. The molecule has 206 valence electrons. The Morgan fingerprint density at radius 2 is 1.48 bits per heavy atom. The topological polar surface area (TPSA) is 148 Å². The summed E-state index contributed by atoms with van der Waals surface area (Å²) in [5.74, 6) is -3.31. The number of rotatable bonds is 5. The zero-order valence-corrected chi connectivity index (χ0v) is 22.0. The van der Waals surface area contributed by atoms with Crippen LogP contribution in [0.4, 0.5) is 17.1 Å². The number of nitrogen functional groups attached to an aromatic ring is 1. The number of anilines is 2. The SMILES string of the molecule is Nc1ccccc1C(=O)N/N=C\C12c3ccccc3C(c3ccccc31)[C@H]1C(=O)N(c3ccc([N+](=O)[O-])cc3)C(=O)[C@@H]12. The van der Waals surface area contributed by atoms with Crippen molar-refractivity contribution in [2.24, 2.45) is 16.9 Å². The molecule has 1 aliphatic heterocycles. The summed E-state index contributed by atoms with van der Waals surface area (Å²) in [6.07, 6.45) is 1.57. The number of nitrogens with one attached hydrogen (secondary N) is 1. The van der Waals surface area contributed by atoms with Crippen molar-refractivity contribution >= 4 is 41.0 Å². The summed E-state index contributed by atoms with van der Waals surface area (Å²) in [7, 11) is 0. The second-order valence-electron chi connectivity index (χ2n) is 10.6. The number of hydrogen-bond donors (Lipinski definition) is 2. The average Bonchev–Trinajstić information content (AvgIpc) is 3.28. The van der Waals surface area contributed by atoms with Crippen LogP contribution < -0.4 is 16.1 Å². The summed E-state index contributed by atoms with van der Waals surface area (Å²) in [6, 6.07) is 27.4. The van der Waals surface area contributed by atoms with Gasteiger partial charge in [0.2, 0.25) is 11.8 Å². The Labute approximate surface area is 239 Å². The fourth-order valence-electron chi connectivity index (χ4n) is 6.98. The molecule has 1 saturated heterocycles. The number of para-hydroxylation sites is 1. The molecule has 10 nitrogen and oxygen atoms in total. The Morgan fingerprint density at radius 1 is 0.881 bits per heavy atom. The summed E-state index contributed by atoms with van der Waals surface area (Å²) in [4.78, 5) is 53.3. The van der Waals surface area contributed by atoms with Gasteiger partial charge in [-0.1, -0.05) is 60.7 Å². The zero-order chi connectivity index (χ0) is 29.2. The smallest absolute Gasteiger partial charge is 0.273 e. The van der Waals surface area contributed by atoms with Gasteiger partial charge in [0.1, 0.15) is 0 Å². The molecule has 1 heterocycles. The normalized spacial score (nSPS) is 23.4. The first-order valence-corrected chi connectivity index (χ1v) is 13.3. The third-order valence-corrected chi connectivity index (χ3v) is 8.64. The third kappa shape index (κ3) is 3.38. The molecule has 0 saturated carbocycles. The maximum absolute atomic E-state index is 14.4. The number of carbonyl (C=O) groups is 3. The Bertz CT molecular complexity index is 1800. The summed E-state index contributed by atoms with van der Waals surface area (Å²) < 4.78 is 0. The molecule has 3 N–H and O–H groups in total. The Hall–Kier alpha value is -5.64. The Morgan fingerprint density at radius 3 is 2.10 bits per heavy atom. The fourth-order valence-corrected chi connectivity index (χ4v) is 6.98. The molecule has 8 rings (SSSR count). The summed E-state index contributed by atoms with van der Waals surface area (Å²) in [5.41, 5.74) is 11.5. The predicted octanol–water partition coefficient (Wildman–Crippen LogP) is 4.14. The summed E-state index contributed by atoms with van der Waals surface area (Å²) in [6.45, 7) is 0. The number of non-ortho nitro benzene ring substituents is 1. The molecule has 0 radical (unpaired) electrons. The van der Waals surface area contributed by atoms with Gasteiger partial charge in [0.25, 0.3) is 11.6 Å². The molecule has 4 aromatic carbocycles. The van der Waals surface area contributed by atoms with Crippen molar-refractivity contribution in [3.05, 3.63) is 135 Å². The molecule has 0 unspecified atom stereocenters. The lowest BCUT2D eigenvalue weighted by Gasteiger charge is -2.52. The van der Waals surface area contributed by atoms with Gasteiger partial charge >= 0.3 is 0 Å². The number of benzene rings is 4. The zero-order valence-electron chi connectivity index (χ0n) is 22.0. The van der Waals surface area contributed by atoms with E-state index < -0.39 is 34.0 Å². The van der Waals surface area contributed by atoms with Gasteiger partial charge in [-0.25, -0.2) is 10.3 Å². The number of amides is 3. The van der Waals surface area contributed by atoms with Crippen molar-refractivity contribution in [2.45, 2.75) is 11.3 Å². The molecule has 4 aromatic rings. The van der Waals surface area contributed by atoms with Gasteiger partial charge in [-0.2, -0.15) is 5.10 Å². The minimum atomic E-state index is -1.18. The van der Waals surface area contributed by atoms with E-state index in [4.69, 9.17) is 5.73 Å². The molecule has 4 aliphatic rings. The van der Waals surface area contributed by atoms with Crippen molar-refractivity contribution in [1.29, 1.82) is 0 Å². The lowest BCUT2D eigenvalue weighted by molar-refractivity contribution is -0.384. The molecule has 1 fully saturated rings. The van der Waals surface area contributed by atoms with Gasteiger partial charge in [-0.05, 0) is 46.5 Å². The fraction of sp³-hybridized carbons (Fsp3) is 0.125. The highest BCUT2D eigenvalue weighted by Gasteiger charge is 2.68. The van der Waals surface area contributed by atoms with Crippen LogP contribution in [0.25, 0.3) is 0 Å². The first-order chi connectivity index (χ1) is 20.3. The minimum absolute atomic E-state index is 0.145. The van der Waals surface area contributed by atoms with E-state index >= 15 is 0 Å². The van der Waals surface area contributed by atoms with Gasteiger partial charge < -0.3 is 5.73 Å². The predicted molar refractivity (Wildman–Crippen MR) is 155 cm³/mol. The van der Waals surface area contributed by atoms with Crippen LogP contribution in [0, 0.1) is 22.0 Å². The van der Waals surface area contributed by atoms with Crippen molar-refractivity contribution in [3.63, 3.8) is 0 Å². The molecule has 10 heteroatoms. The van der Waals surface area contributed by atoms with Crippen LogP contribution in [0.3, 0.4) is 0 Å². The molecule has 2 atom stereocenters. The quantitative estimate of drug-likeness (QED) is 0.124. The summed E-state index contributed by atoms with van der Waals surface area (Å²) in [5, 5.41) is 15.6. The first kappa shape index (κ1) is 25.3. The highest BCUT2D eigenvalue weighted by molar-refractivity contribution is 6.25. The number of imide groups is 1. The lowest BCUT2D eigenvalue weighted by atomic mass is 9.47. The maximum Gasteiger partial charge on any atom is 0.273 e. The van der Waals surface area contributed by atoms with Gasteiger partial charge in [0, 0.05) is 30.0 Å². The van der Waals surface area contributed by atoms with Crippen LogP contribution in [0.5, 0.6) is 0 Å². The van der Waals surface area contributed by atoms with Crippen LogP contribution in [0.2, 0.25) is 0 Å². The van der Waals surface area contributed by atoms with Crippen LogP contribution in [0.1, 0.15) is 38.5 Å². The monoisotopic (exact) mass is 557 g/mol. The van der Waals surface area contributed by atoms with Crippen LogP contribution >= 0.6 is 0 Å². The summed E-state index contributed by atoms with van der Waals surface area (Å²) >= 11 is 0. The van der Waals surface area contributed by atoms with Crippen molar-refractivity contribution < 1.29 is 19.3 Å². The lowest BCUT2D eigenvalue weighted by Crippen LogP contribution is -2.54. The van der Waals surface area contributed by atoms with Crippen LogP contribution in [0.15, 0.2) is 102 Å². The average molecular weight is 558 g/mol. The van der Waals surface area contributed by atoms with E-state index in [1.54, 1.807) is 30.5 Å². The number of nitrogens with two attached hydrogens (primary N) is 1. The van der Waals surface area contributed by atoms with Gasteiger partial charge in [0.15, 0.2) is 0 Å². The van der Waals surface area contributed by atoms with E-state index in [1.807, 2.05) is 48.5 Å². The number of nitro groups is 1. The Kier molecular flexibility index (Phi) is 5.55. The number of nitro benzene ring substituents is 1. The number of carbonyl (C=O) groups excluding carboxylic acids is 3. The van der Waals surface area contributed by atoms with Crippen molar-refractivity contribution in [2.75, 3.05) is 10.6 Å². The molecule has 0 spiro atoms. The van der Waals surface area contributed by atoms with Crippen molar-refractivity contribution in [1.82, 2.24) is 5.43 Å². The van der Waals surface area contributed by atoms with Crippen LogP contribution in [-0.2, 0) is 15.0 Å². The standard InChI is InChI=1S/C32H23N5O5/c33-25-12-6-3-9-22(25)29(38)35-34-17-32-23-10-4-1-7-20(23)26(21-8-2-5-11-24(21)32)27-28(32)31(40)36(30(27)39)18-13-15-19(16-14-18)37(41)42/h1-17,26-28H,33H2,(H,35,38)/b34-17-/t26?,27-,28-,32?/m1/s1. The van der Waals surface area contributed by atoms with Gasteiger partial charge in [-0.15, -0.1) is 0 Å². The third-order valence-electron chi connectivity index (χ3n) is 8.64. The maximum atomic E-state index is 14.4. The largest absolute Gasteiger partial charge is 0.398 e. The minimum Gasteiger partial charge on any atom is -0.398 e. The van der Waals surface area contributed by atoms with E-state index in [0.29, 0.717) is 5.69 Å². The molecule has 0 aromatic heterocycles. The van der Waals surface area contributed by atoms with E-state index in [0.717, 1.165) is 27.2 Å². The van der Waals surface area contributed by atoms with Gasteiger partial charge in [0.05, 0.1) is 33.4 Å². The van der Waals surface area contributed by atoms with E-state index in [-0.39, 0.29) is 28.8 Å². The van der Waals surface area contributed by atoms with Crippen molar-refractivity contribution in [3.8, 4) is 0 Å². The van der Waals surface area contributed by atoms with E-state index in [1.165, 1.54) is 24.3 Å². The second kappa shape index (κ2) is 9.20. The molecular weight excluding hydrogens is 534 g/mol. The number of nitrogens with zero attached hydrogens (tertiary/aromatic N) is 3. The van der Waals surface area contributed by atoms with Crippen LogP contribution in [-0.4, -0.2) is 28.9 Å². The number of hydrazone groups is 1. The molecule has 3 amide bonds. The molecule has 3 aliphatic carbocycles. The van der Waals surface area contributed by atoms with E-state index in [9.17, 15) is 24.5 Å². The van der Waals surface area contributed by atoms with E-state index in [2.05, 4.69) is 10.5 Å². The Balaban J connectivity index is 1.39.